The van der Waals surface area contributed by atoms with Gasteiger partial charge in [-0.05, 0) is 43.0 Å². The van der Waals surface area contributed by atoms with Crippen molar-refractivity contribution in [2.45, 2.75) is 26.3 Å². The molecule has 4 heteroatoms. The lowest BCUT2D eigenvalue weighted by atomic mass is 10.0. The van der Waals surface area contributed by atoms with Crippen LogP contribution < -0.4 is 16.0 Å². The Morgan fingerprint density at radius 2 is 1.96 bits per heavy atom. The van der Waals surface area contributed by atoms with Gasteiger partial charge in [0.05, 0.1) is 5.52 Å². The zero-order valence-electron chi connectivity index (χ0n) is 15.3. The maximum atomic E-state index is 5.72. The molecule has 0 spiro atoms. The number of anilines is 2. The maximum Gasteiger partial charge on any atom is 0.131 e. The van der Waals surface area contributed by atoms with Gasteiger partial charge in [0.15, 0.2) is 0 Å². The number of pyridine rings is 1. The van der Waals surface area contributed by atoms with E-state index in [2.05, 4.69) is 65.7 Å². The molecule has 4 rings (SSSR count). The molecule has 2 aromatic carbocycles. The van der Waals surface area contributed by atoms with E-state index in [-0.39, 0.29) is 0 Å². The number of fused-ring (bicyclic) bond motifs is 2. The van der Waals surface area contributed by atoms with Crippen molar-refractivity contribution >= 4 is 22.4 Å². The SMILES string of the molecule is Cc1ccc2nc(N3CCCc4ccccc4C3)cc(NCCN)c2c1. The van der Waals surface area contributed by atoms with E-state index in [9.17, 15) is 0 Å². The number of benzene rings is 2. The van der Waals surface area contributed by atoms with Crippen molar-refractivity contribution in [3.05, 3.63) is 65.2 Å². The van der Waals surface area contributed by atoms with Gasteiger partial charge in [0.25, 0.3) is 0 Å². The van der Waals surface area contributed by atoms with Crippen LogP contribution in [0.4, 0.5) is 11.5 Å². The highest BCUT2D eigenvalue weighted by Crippen LogP contribution is 2.30. The summed E-state index contributed by atoms with van der Waals surface area (Å²) in [6.45, 7) is 5.43. The van der Waals surface area contributed by atoms with Crippen LogP contribution in [0.3, 0.4) is 0 Å². The zero-order chi connectivity index (χ0) is 17.9. The average Bonchev–Trinajstić information content (AvgIpc) is 2.88. The van der Waals surface area contributed by atoms with Crippen LogP contribution in [0.25, 0.3) is 10.9 Å². The topological polar surface area (TPSA) is 54.2 Å². The largest absolute Gasteiger partial charge is 0.383 e. The fourth-order valence-corrected chi connectivity index (χ4v) is 3.74. The fourth-order valence-electron chi connectivity index (χ4n) is 3.74. The third-order valence-corrected chi connectivity index (χ3v) is 5.09. The first-order valence-corrected chi connectivity index (χ1v) is 9.41. The van der Waals surface area contributed by atoms with Crippen LogP contribution in [-0.2, 0) is 13.0 Å². The van der Waals surface area contributed by atoms with E-state index in [1.54, 1.807) is 0 Å². The summed E-state index contributed by atoms with van der Waals surface area (Å²) in [7, 11) is 0. The predicted molar refractivity (Wildman–Crippen MR) is 110 cm³/mol. The number of nitrogens with one attached hydrogen (secondary N) is 1. The van der Waals surface area contributed by atoms with Gasteiger partial charge in [0.2, 0.25) is 0 Å². The van der Waals surface area contributed by atoms with Crippen LogP contribution in [0.15, 0.2) is 48.5 Å². The van der Waals surface area contributed by atoms with Crippen molar-refractivity contribution < 1.29 is 0 Å². The van der Waals surface area contributed by atoms with Gasteiger partial charge >= 0.3 is 0 Å². The van der Waals surface area contributed by atoms with E-state index in [1.807, 2.05) is 0 Å². The molecule has 1 aliphatic heterocycles. The van der Waals surface area contributed by atoms with Gasteiger partial charge in [-0.3, -0.25) is 0 Å². The third kappa shape index (κ3) is 3.37. The van der Waals surface area contributed by atoms with Crippen molar-refractivity contribution in [3.8, 4) is 0 Å². The first-order valence-electron chi connectivity index (χ1n) is 9.41. The van der Waals surface area contributed by atoms with Crippen LogP contribution in [0.5, 0.6) is 0 Å². The Bertz CT molecular complexity index is 919. The highest BCUT2D eigenvalue weighted by Gasteiger charge is 2.17. The molecule has 4 nitrogen and oxygen atoms in total. The highest BCUT2D eigenvalue weighted by atomic mass is 15.2. The normalized spacial score (nSPS) is 14.2. The molecule has 2 heterocycles. The van der Waals surface area contributed by atoms with Gasteiger partial charge in [-0.2, -0.15) is 0 Å². The van der Waals surface area contributed by atoms with Crippen molar-refractivity contribution in [2.24, 2.45) is 5.73 Å². The second-order valence-electron chi connectivity index (χ2n) is 7.06. The summed E-state index contributed by atoms with van der Waals surface area (Å²) in [6.07, 6.45) is 2.29. The minimum atomic E-state index is 0.613. The molecule has 0 atom stereocenters. The van der Waals surface area contributed by atoms with Gasteiger partial charge in [-0.15, -0.1) is 0 Å². The molecule has 3 N–H and O–H groups in total. The van der Waals surface area contributed by atoms with Gasteiger partial charge in [0, 0.05) is 43.3 Å². The second-order valence-corrected chi connectivity index (χ2v) is 7.06. The van der Waals surface area contributed by atoms with E-state index in [0.717, 1.165) is 54.9 Å². The Morgan fingerprint density at radius 3 is 2.81 bits per heavy atom. The Balaban J connectivity index is 1.75. The number of hydrogen-bond donors (Lipinski definition) is 2. The summed E-state index contributed by atoms with van der Waals surface area (Å²) >= 11 is 0. The molecule has 0 aliphatic carbocycles. The Hall–Kier alpha value is -2.59. The Kier molecular flexibility index (Phi) is 4.76. The number of hydrogen-bond acceptors (Lipinski definition) is 4. The molecule has 1 aliphatic rings. The van der Waals surface area contributed by atoms with Crippen molar-refractivity contribution in [2.75, 3.05) is 29.9 Å². The smallest absolute Gasteiger partial charge is 0.131 e. The Morgan fingerprint density at radius 1 is 1.12 bits per heavy atom. The second kappa shape index (κ2) is 7.34. The van der Waals surface area contributed by atoms with Crippen molar-refractivity contribution in [1.82, 2.24) is 4.98 Å². The number of nitrogens with two attached hydrogens (primary N) is 1. The van der Waals surface area contributed by atoms with Crippen molar-refractivity contribution in [3.63, 3.8) is 0 Å². The predicted octanol–water partition coefficient (Wildman–Crippen LogP) is 3.87. The van der Waals surface area contributed by atoms with E-state index in [1.165, 1.54) is 16.7 Å². The summed E-state index contributed by atoms with van der Waals surface area (Å²) < 4.78 is 0. The van der Waals surface area contributed by atoms with Crippen LogP contribution in [0, 0.1) is 6.92 Å². The molecule has 0 saturated heterocycles. The minimum absolute atomic E-state index is 0.613. The molecular formula is C22H26N4. The average molecular weight is 346 g/mol. The molecule has 1 aromatic heterocycles. The Labute approximate surface area is 155 Å². The van der Waals surface area contributed by atoms with E-state index in [0.29, 0.717) is 6.54 Å². The summed E-state index contributed by atoms with van der Waals surface area (Å²) in [5, 5.41) is 4.65. The van der Waals surface area contributed by atoms with Crippen LogP contribution in [0.2, 0.25) is 0 Å². The monoisotopic (exact) mass is 346 g/mol. The first-order chi connectivity index (χ1) is 12.7. The summed E-state index contributed by atoms with van der Waals surface area (Å²) in [4.78, 5) is 7.38. The minimum Gasteiger partial charge on any atom is -0.383 e. The molecule has 0 radical (unpaired) electrons. The van der Waals surface area contributed by atoms with Gasteiger partial charge < -0.3 is 16.0 Å². The summed E-state index contributed by atoms with van der Waals surface area (Å²) in [6, 6.07) is 17.4. The standard InChI is InChI=1S/C22H26N4/c1-16-8-9-20-19(13-16)21(24-11-10-23)14-22(25-20)26-12-4-7-17-5-2-3-6-18(17)15-26/h2-3,5-6,8-9,13-14H,4,7,10-12,15,23H2,1H3,(H,24,25). The van der Waals surface area contributed by atoms with Crippen LogP contribution in [0.1, 0.15) is 23.1 Å². The lowest BCUT2D eigenvalue weighted by Crippen LogP contribution is -2.24. The summed E-state index contributed by atoms with van der Waals surface area (Å²) in [5.74, 6) is 1.04. The summed E-state index contributed by atoms with van der Waals surface area (Å²) in [5.41, 5.74) is 12.0. The van der Waals surface area contributed by atoms with Crippen LogP contribution in [-0.4, -0.2) is 24.6 Å². The van der Waals surface area contributed by atoms with E-state index in [4.69, 9.17) is 10.7 Å². The van der Waals surface area contributed by atoms with Gasteiger partial charge in [0.1, 0.15) is 5.82 Å². The lowest BCUT2D eigenvalue weighted by Gasteiger charge is -2.24. The van der Waals surface area contributed by atoms with Crippen LogP contribution >= 0.6 is 0 Å². The molecule has 0 saturated carbocycles. The van der Waals surface area contributed by atoms with Gasteiger partial charge in [-0.25, -0.2) is 4.98 Å². The van der Waals surface area contributed by atoms with Gasteiger partial charge in [-0.1, -0.05) is 35.9 Å². The molecule has 0 amide bonds. The molecule has 134 valence electrons. The maximum absolute atomic E-state index is 5.72. The number of nitrogens with zero attached hydrogens (tertiary/aromatic N) is 2. The van der Waals surface area contributed by atoms with E-state index >= 15 is 0 Å². The number of rotatable bonds is 4. The van der Waals surface area contributed by atoms with Crippen molar-refractivity contribution in [1.29, 1.82) is 0 Å². The third-order valence-electron chi connectivity index (χ3n) is 5.09. The molecule has 0 unspecified atom stereocenters. The molecule has 0 bridgehead atoms. The molecule has 3 aromatic rings. The van der Waals surface area contributed by atoms with E-state index < -0.39 is 0 Å². The molecular weight excluding hydrogens is 320 g/mol. The molecule has 26 heavy (non-hydrogen) atoms. The fraction of sp³-hybridized carbons (Fsp3) is 0.318. The molecule has 0 fully saturated rings. The quantitative estimate of drug-likeness (QED) is 0.753. The first kappa shape index (κ1) is 16.9. The lowest BCUT2D eigenvalue weighted by molar-refractivity contribution is 0.756. The number of aryl methyl sites for hydroxylation is 2. The highest BCUT2D eigenvalue weighted by molar-refractivity contribution is 5.93. The number of aromatic nitrogens is 1. The zero-order valence-corrected chi connectivity index (χ0v) is 15.3.